The quantitative estimate of drug-likeness (QED) is 0.455. The predicted molar refractivity (Wildman–Crippen MR) is 132 cm³/mol. The minimum absolute atomic E-state index is 0.0590. The molecule has 194 valence electrons. The summed E-state index contributed by atoms with van der Waals surface area (Å²) in [6.45, 7) is 4.95. The van der Waals surface area contributed by atoms with Gasteiger partial charge in [0.1, 0.15) is 31.0 Å². The maximum Gasteiger partial charge on any atom is 0.407 e. The van der Waals surface area contributed by atoms with Crippen molar-refractivity contribution in [2.75, 3.05) is 26.7 Å². The number of methoxy groups -OCH3 is 1. The number of amides is 3. The molecule has 10 nitrogen and oxygen atoms in total. The molecule has 2 N–H and O–H groups in total. The summed E-state index contributed by atoms with van der Waals surface area (Å²) in [6.07, 6.45) is -0.758. The summed E-state index contributed by atoms with van der Waals surface area (Å²) in [5.41, 5.74) is 1.20. The van der Waals surface area contributed by atoms with E-state index in [1.165, 1.54) is 12.0 Å². The highest BCUT2D eigenvalue weighted by atomic mass is 16.5. The molecule has 0 heterocycles. The standard InChI is InChI=1S/C26H33N3O7/c1-26(2,3)36-21-12-10-19(11-13-21)16-29(17-22(30)27-15-24(32)34-4)23(31)14-28-25(33)35-18-20-8-6-5-7-9-20/h5-13H,14-18H2,1-4H3,(H,27,30)(H,28,33). The van der Waals surface area contributed by atoms with Gasteiger partial charge < -0.3 is 29.7 Å². The molecular weight excluding hydrogens is 466 g/mol. The van der Waals surface area contributed by atoms with Gasteiger partial charge in [-0.25, -0.2) is 4.79 Å². The normalized spacial score (nSPS) is 10.7. The lowest BCUT2D eigenvalue weighted by Gasteiger charge is -2.24. The van der Waals surface area contributed by atoms with E-state index in [0.717, 1.165) is 11.1 Å². The van der Waals surface area contributed by atoms with Crippen molar-refractivity contribution in [1.82, 2.24) is 15.5 Å². The maximum atomic E-state index is 12.9. The summed E-state index contributed by atoms with van der Waals surface area (Å²) >= 11 is 0. The first-order chi connectivity index (χ1) is 17.1. The number of alkyl carbamates (subject to hydrolysis) is 1. The average molecular weight is 500 g/mol. The van der Waals surface area contributed by atoms with E-state index in [0.29, 0.717) is 5.75 Å². The van der Waals surface area contributed by atoms with Crippen LogP contribution in [0.5, 0.6) is 5.75 Å². The van der Waals surface area contributed by atoms with Gasteiger partial charge >= 0.3 is 12.1 Å². The van der Waals surface area contributed by atoms with E-state index in [1.54, 1.807) is 24.3 Å². The average Bonchev–Trinajstić information content (AvgIpc) is 2.85. The molecular formula is C26H33N3O7. The number of nitrogens with zero attached hydrogens (tertiary/aromatic N) is 1. The van der Waals surface area contributed by atoms with Crippen LogP contribution in [0, 0.1) is 0 Å². The number of rotatable bonds is 11. The van der Waals surface area contributed by atoms with Crippen molar-refractivity contribution < 1.29 is 33.4 Å². The molecule has 10 heteroatoms. The van der Waals surface area contributed by atoms with Crippen LogP contribution >= 0.6 is 0 Å². The van der Waals surface area contributed by atoms with Crippen LogP contribution in [0.3, 0.4) is 0 Å². The zero-order valence-corrected chi connectivity index (χ0v) is 21.0. The minimum atomic E-state index is -0.758. The molecule has 0 fully saturated rings. The first kappa shape index (κ1) is 28.2. The fourth-order valence-corrected chi connectivity index (χ4v) is 2.98. The topological polar surface area (TPSA) is 123 Å². The Labute approximate surface area is 210 Å². The van der Waals surface area contributed by atoms with Gasteiger partial charge in [0.05, 0.1) is 13.7 Å². The van der Waals surface area contributed by atoms with E-state index in [4.69, 9.17) is 9.47 Å². The van der Waals surface area contributed by atoms with Crippen LogP contribution < -0.4 is 15.4 Å². The van der Waals surface area contributed by atoms with Crippen molar-refractivity contribution >= 4 is 23.9 Å². The van der Waals surface area contributed by atoms with Crippen molar-refractivity contribution in [3.8, 4) is 5.75 Å². The lowest BCUT2D eigenvalue weighted by atomic mass is 10.1. The Morgan fingerprint density at radius 2 is 1.53 bits per heavy atom. The summed E-state index contributed by atoms with van der Waals surface area (Å²) in [7, 11) is 1.21. The van der Waals surface area contributed by atoms with Gasteiger partial charge in [-0.05, 0) is 44.0 Å². The Hall–Kier alpha value is -4.08. The van der Waals surface area contributed by atoms with Crippen LogP contribution in [0.2, 0.25) is 0 Å². The lowest BCUT2D eigenvalue weighted by Crippen LogP contribution is -2.45. The molecule has 0 atom stereocenters. The first-order valence-corrected chi connectivity index (χ1v) is 11.4. The van der Waals surface area contributed by atoms with E-state index in [-0.39, 0.29) is 38.4 Å². The van der Waals surface area contributed by atoms with E-state index >= 15 is 0 Å². The molecule has 0 saturated carbocycles. The molecule has 2 aromatic rings. The molecule has 0 spiro atoms. The van der Waals surface area contributed by atoms with Gasteiger partial charge in [-0.3, -0.25) is 14.4 Å². The summed E-state index contributed by atoms with van der Waals surface area (Å²) in [5, 5.41) is 4.81. The molecule has 0 aliphatic heterocycles. The summed E-state index contributed by atoms with van der Waals surface area (Å²) < 4.78 is 15.4. The van der Waals surface area contributed by atoms with Crippen LogP contribution in [0.1, 0.15) is 31.9 Å². The predicted octanol–water partition coefficient (Wildman–Crippen LogP) is 2.41. The number of hydrogen-bond acceptors (Lipinski definition) is 7. The fraction of sp³-hybridized carbons (Fsp3) is 0.385. The molecule has 3 amide bonds. The van der Waals surface area contributed by atoms with Crippen molar-refractivity contribution in [2.45, 2.75) is 39.5 Å². The molecule has 0 unspecified atom stereocenters. The second kappa shape index (κ2) is 13.7. The minimum Gasteiger partial charge on any atom is -0.488 e. The molecule has 0 bridgehead atoms. The van der Waals surface area contributed by atoms with E-state index in [1.807, 2.05) is 51.1 Å². The Morgan fingerprint density at radius 1 is 0.861 bits per heavy atom. The van der Waals surface area contributed by atoms with E-state index < -0.39 is 23.9 Å². The second-order valence-electron chi connectivity index (χ2n) is 8.88. The number of esters is 1. The number of hydrogen-bond donors (Lipinski definition) is 2. The Balaban J connectivity index is 1.99. The number of carbonyl (C=O) groups is 4. The number of nitrogens with one attached hydrogen (secondary N) is 2. The lowest BCUT2D eigenvalue weighted by molar-refractivity contribution is -0.141. The highest BCUT2D eigenvalue weighted by molar-refractivity contribution is 5.88. The molecule has 0 radical (unpaired) electrons. The Kier molecular flexibility index (Phi) is 10.7. The fourth-order valence-electron chi connectivity index (χ4n) is 2.98. The molecule has 0 saturated heterocycles. The van der Waals surface area contributed by atoms with Gasteiger partial charge in [-0.2, -0.15) is 0 Å². The smallest absolute Gasteiger partial charge is 0.407 e. The van der Waals surface area contributed by atoms with Gasteiger partial charge in [0.15, 0.2) is 0 Å². The van der Waals surface area contributed by atoms with Crippen LogP contribution in [-0.2, 0) is 37.0 Å². The molecule has 36 heavy (non-hydrogen) atoms. The zero-order chi connectivity index (χ0) is 26.6. The maximum absolute atomic E-state index is 12.9. The Bertz CT molecular complexity index is 1020. The highest BCUT2D eigenvalue weighted by Crippen LogP contribution is 2.19. The molecule has 2 rings (SSSR count). The van der Waals surface area contributed by atoms with Crippen molar-refractivity contribution in [1.29, 1.82) is 0 Å². The van der Waals surface area contributed by atoms with Gasteiger partial charge in [0.2, 0.25) is 11.8 Å². The Morgan fingerprint density at radius 3 is 2.14 bits per heavy atom. The highest BCUT2D eigenvalue weighted by Gasteiger charge is 2.20. The number of carbonyl (C=O) groups excluding carboxylic acids is 4. The van der Waals surface area contributed by atoms with Crippen LogP contribution in [0.15, 0.2) is 54.6 Å². The van der Waals surface area contributed by atoms with Gasteiger partial charge in [0.25, 0.3) is 0 Å². The molecule has 2 aromatic carbocycles. The van der Waals surface area contributed by atoms with E-state index in [9.17, 15) is 19.2 Å². The second-order valence-corrected chi connectivity index (χ2v) is 8.88. The van der Waals surface area contributed by atoms with Crippen molar-refractivity contribution in [3.05, 3.63) is 65.7 Å². The van der Waals surface area contributed by atoms with Gasteiger partial charge in [-0.1, -0.05) is 42.5 Å². The summed E-state index contributed by atoms with van der Waals surface area (Å²) in [6, 6.07) is 16.2. The molecule has 0 aliphatic carbocycles. The van der Waals surface area contributed by atoms with Crippen molar-refractivity contribution in [2.24, 2.45) is 0 Å². The number of ether oxygens (including phenoxy) is 3. The summed E-state index contributed by atoms with van der Waals surface area (Å²) in [5.74, 6) is -0.996. The van der Waals surface area contributed by atoms with Gasteiger partial charge in [0, 0.05) is 6.54 Å². The summed E-state index contributed by atoms with van der Waals surface area (Å²) in [4.78, 5) is 49.8. The third kappa shape index (κ3) is 10.9. The first-order valence-electron chi connectivity index (χ1n) is 11.4. The largest absolute Gasteiger partial charge is 0.488 e. The van der Waals surface area contributed by atoms with Crippen LogP contribution in [0.25, 0.3) is 0 Å². The third-order valence-corrected chi connectivity index (χ3v) is 4.66. The molecule has 0 aromatic heterocycles. The van der Waals surface area contributed by atoms with Crippen LogP contribution in [0.4, 0.5) is 4.79 Å². The number of benzene rings is 2. The van der Waals surface area contributed by atoms with Gasteiger partial charge in [-0.15, -0.1) is 0 Å². The zero-order valence-electron chi connectivity index (χ0n) is 21.0. The SMILES string of the molecule is COC(=O)CNC(=O)CN(Cc1ccc(OC(C)(C)C)cc1)C(=O)CNC(=O)OCc1ccccc1. The monoisotopic (exact) mass is 499 g/mol. The third-order valence-electron chi connectivity index (χ3n) is 4.66. The van der Waals surface area contributed by atoms with Crippen LogP contribution in [-0.4, -0.2) is 61.1 Å². The van der Waals surface area contributed by atoms with Crippen molar-refractivity contribution in [3.63, 3.8) is 0 Å². The van der Waals surface area contributed by atoms with E-state index in [2.05, 4.69) is 15.4 Å². The molecule has 0 aliphatic rings.